The van der Waals surface area contributed by atoms with E-state index in [2.05, 4.69) is 0 Å². The lowest BCUT2D eigenvalue weighted by atomic mass is 10.1. The fraction of sp³-hybridized carbons (Fsp3) is 0.455. The Morgan fingerprint density at radius 2 is 1.86 bits per heavy atom. The summed E-state index contributed by atoms with van der Waals surface area (Å²) in [6.45, 7) is 6.92. The average Bonchev–Trinajstić information content (AvgIpc) is 2.70. The Kier molecular flexibility index (Phi) is 6.27. The lowest BCUT2D eigenvalue weighted by Gasteiger charge is -2.34. The molecule has 2 aromatic carbocycles. The summed E-state index contributed by atoms with van der Waals surface area (Å²) in [6.07, 6.45) is -0.694. The van der Waals surface area contributed by atoms with Crippen molar-refractivity contribution in [2.75, 3.05) is 33.4 Å². The van der Waals surface area contributed by atoms with E-state index in [-0.39, 0.29) is 18.8 Å². The molecule has 0 spiro atoms. The van der Waals surface area contributed by atoms with Crippen LogP contribution in [0.5, 0.6) is 5.75 Å². The second kappa shape index (κ2) is 8.69. The molecule has 0 bridgehead atoms. The Morgan fingerprint density at radius 3 is 2.52 bits per heavy atom. The minimum Gasteiger partial charge on any atom is -0.490 e. The number of benzene rings is 2. The number of methoxy groups -OCH3 is 1. The fourth-order valence-electron chi connectivity index (χ4n) is 3.10. The zero-order chi connectivity index (χ0) is 21.0. The summed E-state index contributed by atoms with van der Waals surface area (Å²) in [4.78, 5) is 26.1. The minimum absolute atomic E-state index is 0.196. The van der Waals surface area contributed by atoms with E-state index in [4.69, 9.17) is 18.9 Å². The van der Waals surface area contributed by atoms with Crippen molar-refractivity contribution in [2.24, 2.45) is 0 Å². The molecule has 7 nitrogen and oxygen atoms in total. The van der Waals surface area contributed by atoms with Crippen molar-refractivity contribution in [1.82, 2.24) is 4.90 Å². The van der Waals surface area contributed by atoms with E-state index in [1.807, 2.05) is 51.1 Å². The van der Waals surface area contributed by atoms with Crippen LogP contribution in [0.25, 0.3) is 10.8 Å². The van der Waals surface area contributed by atoms with Crippen LogP contribution in [-0.4, -0.2) is 62.1 Å². The van der Waals surface area contributed by atoms with Crippen molar-refractivity contribution in [1.29, 1.82) is 0 Å². The number of esters is 1. The van der Waals surface area contributed by atoms with Gasteiger partial charge in [-0.15, -0.1) is 0 Å². The van der Waals surface area contributed by atoms with E-state index in [0.717, 1.165) is 10.8 Å². The molecule has 7 heteroatoms. The number of nitrogens with zero attached hydrogens (tertiary/aromatic N) is 1. The molecular formula is C22H27NO6. The molecule has 1 fully saturated rings. The molecule has 1 amide bonds. The first-order valence-electron chi connectivity index (χ1n) is 9.60. The van der Waals surface area contributed by atoms with Crippen molar-refractivity contribution in [2.45, 2.75) is 32.5 Å². The van der Waals surface area contributed by atoms with Gasteiger partial charge in [0.25, 0.3) is 0 Å². The number of amides is 1. The number of ether oxygens (including phenoxy) is 4. The smallest absolute Gasteiger partial charge is 0.410 e. The molecule has 29 heavy (non-hydrogen) atoms. The standard InChI is InChI=1S/C22H27NO6/c1-22(2,3)29-21(25)23-9-10-27-17(13-23)14-28-19-12-16-8-6-5-7-15(16)11-18(19)20(24)26-4/h5-8,11-12,17H,9-10,13-14H2,1-4H3. The molecule has 1 unspecified atom stereocenters. The molecule has 0 aromatic heterocycles. The zero-order valence-electron chi connectivity index (χ0n) is 17.3. The normalized spacial score (nSPS) is 17.1. The minimum atomic E-state index is -0.554. The van der Waals surface area contributed by atoms with Gasteiger partial charge in [-0.1, -0.05) is 24.3 Å². The van der Waals surface area contributed by atoms with Crippen molar-refractivity contribution < 1.29 is 28.5 Å². The molecule has 1 atom stereocenters. The Morgan fingerprint density at radius 1 is 1.17 bits per heavy atom. The molecule has 0 saturated carbocycles. The monoisotopic (exact) mass is 401 g/mol. The Balaban J connectivity index is 1.71. The maximum atomic E-state index is 12.3. The first kappa shape index (κ1) is 20.9. The summed E-state index contributed by atoms with van der Waals surface area (Å²) in [5, 5.41) is 1.88. The number of fused-ring (bicyclic) bond motifs is 1. The van der Waals surface area contributed by atoms with E-state index in [0.29, 0.717) is 31.0 Å². The number of carbonyl (C=O) groups is 2. The maximum absolute atomic E-state index is 12.3. The molecule has 1 saturated heterocycles. The summed E-state index contributed by atoms with van der Waals surface area (Å²) in [5.41, 5.74) is -0.201. The van der Waals surface area contributed by atoms with Gasteiger partial charge in [-0.3, -0.25) is 0 Å². The number of carbonyl (C=O) groups excluding carboxylic acids is 2. The number of morpholine rings is 1. The van der Waals surface area contributed by atoms with Gasteiger partial charge in [-0.05, 0) is 43.7 Å². The molecule has 0 radical (unpaired) electrons. The molecule has 0 aliphatic carbocycles. The lowest BCUT2D eigenvalue weighted by molar-refractivity contribution is -0.0557. The molecule has 0 N–H and O–H groups in total. The molecule has 3 rings (SSSR count). The molecular weight excluding hydrogens is 374 g/mol. The molecule has 1 aliphatic rings. The zero-order valence-corrected chi connectivity index (χ0v) is 17.3. The van der Waals surface area contributed by atoms with Crippen LogP contribution in [0, 0.1) is 0 Å². The second-order valence-corrected chi connectivity index (χ2v) is 7.92. The highest BCUT2D eigenvalue weighted by Gasteiger charge is 2.29. The van der Waals surface area contributed by atoms with Crippen LogP contribution in [0.15, 0.2) is 36.4 Å². The molecule has 1 heterocycles. The second-order valence-electron chi connectivity index (χ2n) is 7.92. The summed E-state index contributed by atoms with van der Waals surface area (Å²) >= 11 is 0. The summed E-state index contributed by atoms with van der Waals surface area (Å²) < 4.78 is 22.0. The van der Waals surface area contributed by atoms with Gasteiger partial charge in [0.15, 0.2) is 0 Å². The van der Waals surface area contributed by atoms with Crippen LogP contribution >= 0.6 is 0 Å². The third-order valence-corrected chi connectivity index (χ3v) is 4.47. The Hall–Kier alpha value is -2.80. The topological polar surface area (TPSA) is 74.3 Å². The highest BCUT2D eigenvalue weighted by atomic mass is 16.6. The Labute approximate surface area is 170 Å². The molecule has 156 valence electrons. The number of hydrogen-bond donors (Lipinski definition) is 0. The average molecular weight is 401 g/mol. The van der Waals surface area contributed by atoms with Crippen molar-refractivity contribution in [3.63, 3.8) is 0 Å². The van der Waals surface area contributed by atoms with Crippen molar-refractivity contribution >= 4 is 22.8 Å². The van der Waals surface area contributed by atoms with Crippen LogP contribution in [-0.2, 0) is 14.2 Å². The van der Waals surface area contributed by atoms with Gasteiger partial charge in [0, 0.05) is 6.54 Å². The van der Waals surface area contributed by atoms with Gasteiger partial charge >= 0.3 is 12.1 Å². The first-order chi connectivity index (χ1) is 13.8. The summed E-state index contributed by atoms with van der Waals surface area (Å²) in [7, 11) is 1.34. The van der Waals surface area contributed by atoms with Gasteiger partial charge in [0.1, 0.15) is 29.6 Å². The SMILES string of the molecule is COC(=O)c1cc2ccccc2cc1OCC1CN(C(=O)OC(C)(C)C)CCO1. The summed E-state index contributed by atoms with van der Waals surface area (Å²) in [6, 6.07) is 11.3. The first-order valence-corrected chi connectivity index (χ1v) is 9.60. The van der Waals surface area contributed by atoms with Gasteiger partial charge in [-0.2, -0.15) is 0 Å². The van der Waals surface area contributed by atoms with Crippen LogP contribution in [0.3, 0.4) is 0 Å². The Bertz CT molecular complexity index is 888. The van der Waals surface area contributed by atoms with Crippen molar-refractivity contribution in [3.8, 4) is 5.75 Å². The van der Waals surface area contributed by atoms with Crippen molar-refractivity contribution in [3.05, 3.63) is 42.0 Å². The number of rotatable bonds is 4. The van der Waals surface area contributed by atoms with Crippen LogP contribution < -0.4 is 4.74 Å². The molecule has 1 aliphatic heterocycles. The van der Waals surface area contributed by atoms with Crippen LogP contribution in [0.2, 0.25) is 0 Å². The largest absolute Gasteiger partial charge is 0.490 e. The predicted octanol–water partition coefficient (Wildman–Crippen LogP) is 3.64. The highest BCUT2D eigenvalue weighted by molar-refractivity contribution is 5.98. The predicted molar refractivity (Wildman–Crippen MR) is 108 cm³/mol. The maximum Gasteiger partial charge on any atom is 0.410 e. The van der Waals surface area contributed by atoms with Gasteiger partial charge in [0.05, 0.1) is 20.3 Å². The molecule has 2 aromatic rings. The van der Waals surface area contributed by atoms with Gasteiger partial charge in [-0.25, -0.2) is 9.59 Å². The van der Waals surface area contributed by atoms with E-state index < -0.39 is 11.6 Å². The lowest BCUT2D eigenvalue weighted by Crippen LogP contribution is -2.49. The van der Waals surface area contributed by atoms with Gasteiger partial charge in [0.2, 0.25) is 0 Å². The van der Waals surface area contributed by atoms with Gasteiger partial charge < -0.3 is 23.8 Å². The van der Waals surface area contributed by atoms with E-state index in [1.165, 1.54) is 7.11 Å². The number of hydrogen-bond acceptors (Lipinski definition) is 6. The van der Waals surface area contributed by atoms with E-state index >= 15 is 0 Å². The quantitative estimate of drug-likeness (QED) is 0.728. The fourth-order valence-corrected chi connectivity index (χ4v) is 3.10. The van der Waals surface area contributed by atoms with E-state index in [1.54, 1.807) is 11.0 Å². The summed E-state index contributed by atoms with van der Waals surface area (Å²) in [5.74, 6) is -0.0424. The van der Waals surface area contributed by atoms with Crippen LogP contribution in [0.4, 0.5) is 4.79 Å². The van der Waals surface area contributed by atoms with E-state index in [9.17, 15) is 9.59 Å². The third-order valence-electron chi connectivity index (χ3n) is 4.47. The van der Waals surface area contributed by atoms with Crippen LogP contribution in [0.1, 0.15) is 31.1 Å². The third kappa shape index (κ3) is 5.38. The highest BCUT2D eigenvalue weighted by Crippen LogP contribution is 2.27.